The van der Waals surface area contributed by atoms with Crippen LogP contribution in [0.2, 0.25) is 0 Å². The van der Waals surface area contributed by atoms with Gasteiger partial charge in [0.1, 0.15) is 5.82 Å². The summed E-state index contributed by atoms with van der Waals surface area (Å²) in [5.41, 5.74) is 1.58. The normalized spacial score (nSPS) is 16.2. The summed E-state index contributed by atoms with van der Waals surface area (Å²) in [4.78, 5) is 51.0. The molecule has 0 spiro atoms. The fourth-order valence-electron chi connectivity index (χ4n) is 3.50. The lowest BCUT2D eigenvalue weighted by Gasteiger charge is -2.33. The van der Waals surface area contributed by atoms with E-state index in [1.54, 1.807) is 24.3 Å². The summed E-state index contributed by atoms with van der Waals surface area (Å²) in [5, 5.41) is 2.68. The lowest BCUT2D eigenvalue weighted by Crippen LogP contribution is -2.43. The second kappa shape index (κ2) is 8.91. The van der Waals surface area contributed by atoms with Crippen LogP contribution < -0.4 is 10.2 Å². The molecule has 0 radical (unpaired) electrons. The molecule has 0 aliphatic carbocycles. The summed E-state index contributed by atoms with van der Waals surface area (Å²) >= 11 is 0. The van der Waals surface area contributed by atoms with Gasteiger partial charge in [0.2, 0.25) is 11.8 Å². The van der Waals surface area contributed by atoms with Gasteiger partial charge in [0.05, 0.1) is 18.6 Å². The number of carbonyl (C=O) groups excluding carboxylic acids is 4. The van der Waals surface area contributed by atoms with E-state index in [1.807, 2.05) is 0 Å². The van der Waals surface area contributed by atoms with Crippen molar-refractivity contribution in [1.82, 2.24) is 0 Å². The Morgan fingerprint density at radius 2 is 1.68 bits per heavy atom. The molecule has 31 heavy (non-hydrogen) atoms. The SMILES string of the molecule is COC(=O)C1=C(C)N(c2ccc(F)cc2)C(=O)CC1C(=O)Nc1ccc(C(C)=O)cc1. The Hall–Kier alpha value is -3.81. The van der Waals surface area contributed by atoms with Crippen molar-refractivity contribution in [2.75, 3.05) is 17.3 Å². The second-order valence-electron chi connectivity index (χ2n) is 7.08. The van der Waals surface area contributed by atoms with E-state index in [0.717, 1.165) is 0 Å². The Morgan fingerprint density at radius 3 is 2.23 bits per heavy atom. The first-order valence-corrected chi connectivity index (χ1v) is 9.52. The zero-order chi connectivity index (χ0) is 22.7. The third kappa shape index (κ3) is 4.53. The molecule has 2 amide bonds. The average molecular weight is 424 g/mol. The number of nitrogens with zero attached hydrogens (tertiary/aromatic N) is 1. The highest BCUT2D eigenvalue weighted by Gasteiger charge is 2.40. The van der Waals surface area contributed by atoms with E-state index in [0.29, 0.717) is 16.9 Å². The van der Waals surface area contributed by atoms with Crippen molar-refractivity contribution in [1.29, 1.82) is 0 Å². The minimum atomic E-state index is -1.07. The number of hydrogen-bond acceptors (Lipinski definition) is 5. The number of rotatable bonds is 5. The monoisotopic (exact) mass is 424 g/mol. The molecule has 1 aliphatic rings. The van der Waals surface area contributed by atoms with Gasteiger partial charge in [-0.2, -0.15) is 0 Å². The molecule has 3 rings (SSSR count). The fraction of sp³-hybridized carbons (Fsp3) is 0.217. The summed E-state index contributed by atoms with van der Waals surface area (Å²) in [6.07, 6.45) is -0.267. The molecule has 1 unspecified atom stereocenters. The zero-order valence-electron chi connectivity index (χ0n) is 17.3. The van der Waals surface area contributed by atoms with Crippen LogP contribution in [0.15, 0.2) is 59.8 Å². The summed E-state index contributed by atoms with van der Waals surface area (Å²) in [5.74, 6) is -3.33. The highest BCUT2D eigenvalue weighted by atomic mass is 19.1. The van der Waals surface area contributed by atoms with E-state index < -0.39 is 29.5 Å². The van der Waals surface area contributed by atoms with Crippen LogP contribution in [0.25, 0.3) is 0 Å². The summed E-state index contributed by atoms with van der Waals surface area (Å²) in [7, 11) is 1.19. The van der Waals surface area contributed by atoms with Gasteiger partial charge >= 0.3 is 5.97 Å². The number of anilines is 2. The van der Waals surface area contributed by atoms with Gasteiger partial charge in [-0.25, -0.2) is 9.18 Å². The molecule has 0 bridgehead atoms. The number of Topliss-reactive ketones (excluding diaryl/α,β-unsaturated/α-hetero) is 1. The quantitative estimate of drug-likeness (QED) is 0.586. The summed E-state index contributed by atoms with van der Waals surface area (Å²) in [6.45, 7) is 2.97. The number of carbonyl (C=O) groups is 4. The molecule has 8 heteroatoms. The van der Waals surface area contributed by atoms with Gasteiger partial charge in [0.25, 0.3) is 0 Å². The van der Waals surface area contributed by atoms with Crippen LogP contribution in [0.1, 0.15) is 30.6 Å². The Balaban J connectivity index is 1.94. The molecule has 0 fully saturated rings. The maximum Gasteiger partial charge on any atom is 0.336 e. The first kappa shape index (κ1) is 21.9. The lowest BCUT2D eigenvalue weighted by molar-refractivity contribution is -0.138. The van der Waals surface area contributed by atoms with Crippen LogP contribution >= 0.6 is 0 Å². The van der Waals surface area contributed by atoms with Crippen molar-refractivity contribution in [2.24, 2.45) is 5.92 Å². The van der Waals surface area contributed by atoms with E-state index >= 15 is 0 Å². The minimum Gasteiger partial charge on any atom is -0.466 e. The number of esters is 1. The standard InChI is InChI=1S/C23H21FN2O5/c1-13-21(23(30)31-3)19(12-20(28)26(13)18-10-6-16(24)7-11-18)22(29)25-17-8-4-15(5-9-17)14(2)27/h4-11,19H,12H2,1-3H3,(H,25,29). The molecule has 2 aromatic rings. The van der Waals surface area contributed by atoms with Crippen LogP contribution in [0, 0.1) is 11.7 Å². The molecule has 0 aromatic heterocycles. The topological polar surface area (TPSA) is 92.8 Å². The van der Waals surface area contributed by atoms with Gasteiger partial charge < -0.3 is 10.1 Å². The van der Waals surface area contributed by atoms with Crippen LogP contribution in [0.3, 0.4) is 0 Å². The average Bonchev–Trinajstić information content (AvgIpc) is 2.74. The van der Waals surface area contributed by atoms with Crippen LogP contribution in [-0.2, 0) is 19.1 Å². The largest absolute Gasteiger partial charge is 0.466 e. The maximum absolute atomic E-state index is 13.3. The lowest BCUT2D eigenvalue weighted by atomic mass is 9.88. The number of amides is 2. The van der Waals surface area contributed by atoms with Crippen molar-refractivity contribution >= 4 is 34.9 Å². The summed E-state index contributed by atoms with van der Waals surface area (Å²) < 4.78 is 18.1. The number of halogens is 1. The van der Waals surface area contributed by atoms with E-state index in [-0.39, 0.29) is 23.5 Å². The highest BCUT2D eigenvalue weighted by molar-refractivity contribution is 6.10. The molecule has 1 N–H and O–H groups in total. The number of hydrogen-bond donors (Lipinski definition) is 1. The van der Waals surface area contributed by atoms with Gasteiger partial charge in [-0.15, -0.1) is 0 Å². The number of nitrogens with one attached hydrogen (secondary N) is 1. The Labute approximate surface area is 178 Å². The number of benzene rings is 2. The molecular weight excluding hydrogens is 403 g/mol. The Bertz CT molecular complexity index is 1070. The fourth-order valence-corrected chi connectivity index (χ4v) is 3.50. The third-order valence-electron chi connectivity index (χ3n) is 5.07. The van der Waals surface area contributed by atoms with Gasteiger partial charge in [0, 0.05) is 29.1 Å². The van der Waals surface area contributed by atoms with Crippen molar-refractivity contribution in [3.63, 3.8) is 0 Å². The molecule has 0 saturated heterocycles. The van der Waals surface area contributed by atoms with Crippen LogP contribution in [-0.4, -0.2) is 30.7 Å². The molecule has 160 valence electrons. The molecule has 0 saturated carbocycles. The number of methoxy groups -OCH3 is 1. The molecule has 1 heterocycles. The van der Waals surface area contributed by atoms with Crippen molar-refractivity contribution in [2.45, 2.75) is 20.3 Å². The zero-order valence-corrected chi connectivity index (χ0v) is 17.3. The molecular formula is C23H21FN2O5. The second-order valence-corrected chi connectivity index (χ2v) is 7.08. The van der Waals surface area contributed by atoms with Gasteiger partial charge in [-0.05, 0) is 62.4 Å². The molecule has 2 aromatic carbocycles. The third-order valence-corrected chi connectivity index (χ3v) is 5.07. The van der Waals surface area contributed by atoms with Gasteiger partial charge in [-0.1, -0.05) is 0 Å². The summed E-state index contributed by atoms with van der Waals surface area (Å²) in [6, 6.07) is 11.5. The van der Waals surface area contributed by atoms with Gasteiger partial charge in [0.15, 0.2) is 5.78 Å². The van der Waals surface area contributed by atoms with Crippen LogP contribution in [0.4, 0.5) is 15.8 Å². The molecule has 7 nitrogen and oxygen atoms in total. The maximum atomic E-state index is 13.3. The number of ketones is 1. The predicted octanol–water partition coefficient (Wildman–Crippen LogP) is 3.47. The van der Waals surface area contributed by atoms with E-state index in [2.05, 4.69) is 5.32 Å². The minimum absolute atomic E-state index is 0.0456. The van der Waals surface area contributed by atoms with E-state index in [9.17, 15) is 23.6 Å². The van der Waals surface area contributed by atoms with E-state index in [1.165, 1.54) is 50.1 Å². The smallest absolute Gasteiger partial charge is 0.336 e. The predicted molar refractivity (Wildman–Crippen MR) is 112 cm³/mol. The number of allylic oxidation sites excluding steroid dienone is 1. The first-order chi connectivity index (χ1) is 14.7. The Kier molecular flexibility index (Phi) is 6.29. The first-order valence-electron chi connectivity index (χ1n) is 9.52. The van der Waals surface area contributed by atoms with Crippen molar-refractivity contribution in [3.05, 3.63) is 71.2 Å². The van der Waals surface area contributed by atoms with Gasteiger partial charge in [-0.3, -0.25) is 19.3 Å². The van der Waals surface area contributed by atoms with Crippen molar-refractivity contribution in [3.8, 4) is 0 Å². The number of ether oxygens (including phenoxy) is 1. The molecule has 1 aliphatic heterocycles. The highest BCUT2D eigenvalue weighted by Crippen LogP contribution is 2.34. The van der Waals surface area contributed by atoms with Crippen molar-refractivity contribution < 1.29 is 28.3 Å². The van der Waals surface area contributed by atoms with Crippen LogP contribution in [0.5, 0.6) is 0 Å². The Morgan fingerprint density at radius 1 is 1.06 bits per heavy atom. The van der Waals surface area contributed by atoms with E-state index in [4.69, 9.17) is 4.74 Å². The molecule has 1 atom stereocenters.